The summed E-state index contributed by atoms with van der Waals surface area (Å²) in [5.41, 5.74) is 11.3. The van der Waals surface area contributed by atoms with Gasteiger partial charge in [0, 0.05) is 18.5 Å². The zero-order valence-corrected chi connectivity index (χ0v) is 16.8. The van der Waals surface area contributed by atoms with Gasteiger partial charge in [-0.2, -0.15) is 0 Å². The van der Waals surface area contributed by atoms with Gasteiger partial charge >= 0.3 is 46.1 Å². The first kappa shape index (κ1) is 28.1. The molecule has 147 valence electrons. The number of halogens is 1. The molecule has 2 atom stereocenters. The molecule has 0 heterocycles. The Morgan fingerprint density at radius 2 is 1.33 bits per heavy atom. The van der Waals surface area contributed by atoms with E-state index in [1.165, 1.54) is 12.8 Å². The molecule has 0 aromatic heterocycles. The first-order valence-electron chi connectivity index (χ1n) is 7.53. The topological polar surface area (TPSA) is 164 Å². The zero-order chi connectivity index (χ0) is 19.5. The number of unbranched alkanes of at least 4 members (excludes halogenated alkanes) is 2. The first-order valence-corrected chi connectivity index (χ1v) is 10.3. The second kappa shape index (κ2) is 20.4. The van der Waals surface area contributed by atoms with E-state index >= 15 is 0 Å². The van der Waals surface area contributed by atoms with Crippen LogP contribution in [0.2, 0.25) is 0 Å². The van der Waals surface area contributed by atoms with E-state index in [1.54, 1.807) is 18.8 Å². The van der Waals surface area contributed by atoms with E-state index in [9.17, 15) is 4.79 Å². The second-order valence-electron chi connectivity index (χ2n) is 5.07. The summed E-state index contributed by atoms with van der Waals surface area (Å²) >= 11 is 1.61. The number of carbonyl (C=O) groups is 3. The number of nitrogens with two attached hydrogens (primary N) is 2. The summed E-state index contributed by atoms with van der Waals surface area (Å²) in [5, 5.41) is 22.9. The molecule has 0 spiro atoms. The number of hydrogen-bond donors (Lipinski definition) is 5. The Kier molecular flexibility index (Phi) is 23.9. The number of aliphatic carboxylic acids is 3. The van der Waals surface area contributed by atoms with Crippen LogP contribution in [0, 0.1) is 0 Å². The molecule has 1 saturated carbocycles. The fraction of sp³-hybridized carbons (Fsp3) is 0.786. The van der Waals surface area contributed by atoms with E-state index < -0.39 is 17.9 Å². The molecule has 0 radical (unpaired) electrons. The SMILES string of the molecule is CCCCCC(=O)O.N[C@@H]1CCCC[C@H]1N.O=C(O)C(=O)O.[Cl][Pt]. The van der Waals surface area contributed by atoms with E-state index in [1.807, 2.05) is 0 Å². The van der Waals surface area contributed by atoms with Crippen LogP contribution >= 0.6 is 9.42 Å². The molecular weight excluding hydrogens is 523 g/mol. The van der Waals surface area contributed by atoms with Crippen molar-refractivity contribution >= 4 is 27.3 Å². The van der Waals surface area contributed by atoms with E-state index in [0.29, 0.717) is 6.42 Å². The normalized spacial score (nSPS) is 18.4. The van der Waals surface area contributed by atoms with Crippen LogP contribution in [0.4, 0.5) is 0 Å². The van der Waals surface area contributed by atoms with Crippen molar-refractivity contribution in [2.45, 2.75) is 70.4 Å². The van der Waals surface area contributed by atoms with Gasteiger partial charge in [-0.15, -0.1) is 0 Å². The molecule has 0 saturated heterocycles. The van der Waals surface area contributed by atoms with E-state index in [2.05, 4.69) is 16.3 Å². The van der Waals surface area contributed by atoms with Crippen molar-refractivity contribution in [3.63, 3.8) is 0 Å². The summed E-state index contributed by atoms with van der Waals surface area (Å²) in [6.45, 7) is 2.06. The summed E-state index contributed by atoms with van der Waals surface area (Å²) in [7, 11) is 4.61. The Labute approximate surface area is 157 Å². The molecule has 7 N–H and O–H groups in total. The van der Waals surface area contributed by atoms with Crippen molar-refractivity contribution in [2.75, 3.05) is 0 Å². The van der Waals surface area contributed by atoms with Crippen molar-refractivity contribution in [3.05, 3.63) is 0 Å². The second-order valence-corrected chi connectivity index (χ2v) is 5.07. The van der Waals surface area contributed by atoms with Gasteiger partial charge in [-0.1, -0.05) is 32.6 Å². The van der Waals surface area contributed by atoms with Crippen LogP contribution in [-0.4, -0.2) is 45.3 Å². The molecule has 1 rings (SSSR count). The monoisotopic (exact) mass is 550 g/mol. The summed E-state index contributed by atoms with van der Waals surface area (Å²) in [4.78, 5) is 28.1. The van der Waals surface area contributed by atoms with Gasteiger partial charge in [-0.05, 0) is 19.3 Å². The maximum atomic E-state index is 9.87. The predicted octanol–water partition coefficient (Wildman–Crippen LogP) is 1.71. The van der Waals surface area contributed by atoms with Crippen molar-refractivity contribution in [2.24, 2.45) is 11.5 Å². The molecule has 0 aromatic carbocycles. The van der Waals surface area contributed by atoms with Gasteiger partial charge in [0.05, 0.1) is 0 Å². The molecule has 1 aliphatic rings. The molecular formula is C14H28ClN2O6Pt. The third-order valence-corrected chi connectivity index (χ3v) is 3.05. The minimum absolute atomic E-state index is 0.281. The Morgan fingerprint density at radius 1 is 0.958 bits per heavy atom. The number of carboxylic acid groups (broad SMARTS) is 3. The molecule has 10 heteroatoms. The van der Waals surface area contributed by atoms with E-state index in [-0.39, 0.29) is 12.1 Å². The quantitative estimate of drug-likeness (QED) is 0.261. The third-order valence-electron chi connectivity index (χ3n) is 3.05. The molecule has 0 aromatic rings. The van der Waals surface area contributed by atoms with Crippen LogP contribution in [0.5, 0.6) is 0 Å². The fourth-order valence-corrected chi connectivity index (χ4v) is 1.71. The first-order chi connectivity index (χ1) is 11.2. The maximum absolute atomic E-state index is 9.87. The summed E-state index contributed by atoms with van der Waals surface area (Å²) in [5.74, 6) is -4.33. The van der Waals surface area contributed by atoms with E-state index in [0.717, 1.165) is 32.1 Å². The molecule has 24 heavy (non-hydrogen) atoms. The van der Waals surface area contributed by atoms with Gasteiger partial charge in [-0.25, -0.2) is 9.59 Å². The molecule has 0 unspecified atom stereocenters. The van der Waals surface area contributed by atoms with Gasteiger partial charge < -0.3 is 26.8 Å². The van der Waals surface area contributed by atoms with Crippen molar-refractivity contribution < 1.29 is 48.5 Å². The zero-order valence-electron chi connectivity index (χ0n) is 13.7. The molecule has 1 fully saturated rings. The molecule has 1 aliphatic carbocycles. The number of hydrogen-bond acceptors (Lipinski definition) is 5. The van der Waals surface area contributed by atoms with Crippen molar-refractivity contribution in [3.8, 4) is 0 Å². The average molecular weight is 551 g/mol. The summed E-state index contributed by atoms with van der Waals surface area (Å²) in [6.07, 6.45) is 8.07. The Hall–Kier alpha value is -0.692. The van der Waals surface area contributed by atoms with Crippen molar-refractivity contribution in [1.82, 2.24) is 0 Å². The van der Waals surface area contributed by atoms with Crippen LogP contribution in [0.25, 0.3) is 0 Å². The van der Waals surface area contributed by atoms with Gasteiger partial charge in [0.25, 0.3) is 0 Å². The molecule has 8 nitrogen and oxygen atoms in total. The third kappa shape index (κ3) is 23.6. The molecule has 0 amide bonds. The van der Waals surface area contributed by atoms with Crippen molar-refractivity contribution in [1.29, 1.82) is 0 Å². The average Bonchev–Trinajstić information content (AvgIpc) is 2.53. The fourth-order valence-electron chi connectivity index (χ4n) is 1.71. The molecule has 0 aliphatic heterocycles. The Morgan fingerprint density at radius 3 is 1.54 bits per heavy atom. The summed E-state index contributed by atoms with van der Waals surface area (Å²) < 4.78 is 0. The van der Waals surface area contributed by atoms with Crippen LogP contribution < -0.4 is 11.5 Å². The van der Waals surface area contributed by atoms with Crippen LogP contribution in [0.15, 0.2) is 0 Å². The Bertz CT molecular complexity index is 325. The number of carboxylic acids is 3. The van der Waals surface area contributed by atoms with Crippen LogP contribution in [0.1, 0.15) is 58.3 Å². The predicted molar refractivity (Wildman–Crippen MR) is 87.3 cm³/mol. The Balaban J connectivity index is -0.000000265. The van der Waals surface area contributed by atoms with Gasteiger partial charge in [-0.3, -0.25) is 4.79 Å². The summed E-state index contributed by atoms with van der Waals surface area (Å²) in [6, 6.07) is 0.562. The number of rotatable bonds is 4. The standard InChI is InChI=1S/C6H14N2.C6H12O2.C2H2O4.ClH.Pt/c7-5-3-1-2-4-6(5)8;1-2-3-4-5-6(7)8;3-1(4)2(5)6;;/h5-6H,1-4,7-8H2;2-5H2,1H3,(H,7,8);(H,3,4)(H,5,6);1H;/q;;;;+1/p-1/t5-,6-;;;;/m1..../s1. The van der Waals surface area contributed by atoms with Crippen LogP contribution in [-0.2, 0) is 33.2 Å². The van der Waals surface area contributed by atoms with Gasteiger partial charge in [0.1, 0.15) is 0 Å². The van der Waals surface area contributed by atoms with Crippen LogP contribution in [0.3, 0.4) is 0 Å². The van der Waals surface area contributed by atoms with Gasteiger partial charge in [0.2, 0.25) is 0 Å². The van der Waals surface area contributed by atoms with Gasteiger partial charge in [0.15, 0.2) is 0 Å². The minimum atomic E-state index is -1.82. The molecule has 0 bridgehead atoms. The van der Waals surface area contributed by atoms with E-state index in [4.69, 9.17) is 36.4 Å².